The van der Waals surface area contributed by atoms with Crippen molar-refractivity contribution < 1.29 is 4.42 Å². The molecule has 3 N–H and O–H groups in total. The first-order valence-electron chi connectivity index (χ1n) is 5.14. The number of hydrogen-bond donors (Lipinski definition) is 2. The van der Waals surface area contributed by atoms with Crippen LogP contribution in [0.1, 0.15) is 31.6 Å². The summed E-state index contributed by atoms with van der Waals surface area (Å²) in [5, 5.41) is 0. The minimum absolute atomic E-state index is 0.00403. The Bertz CT molecular complexity index is 405. The van der Waals surface area contributed by atoms with E-state index < -0.39 is 0 Å². The van der Waals surface area contributed by atoms with Crippen LogP contribution in [0.5, 0.6) is 0 Å². The quantitative estimate of drug-likeness (QED) is 0.805. The number of nitrogens with two attached hydrogens (primary N) is 1. The second-order valence-electron chi connectivity index (χ2n) is 3.59. The van der Waals surface area contributed by atoms with Gasteiger partial charge in [0.2, 0.25) is 0 Å². The van der Waals surface area contributed by atoms with E-state index in [0.29, 0.717) is 0 Å². The summed E-state index contributed by atoms with van der Waals surface area (Å²) in [5.74, 6) is 0.841. The topological polar surface area (TPSA) is 67.8 Å². The van der Waals surface area contributed by atoms with Gasteiger partial charge < -0.3 is 15.1 Å². The van der Waals surface area contributed by atoms with E-state index in [1.807, 2.05) is 6.07 Å². The van der Waals surface area contributed by atoms with Gasteiger partial charge in [-0.15, -0.1) is 0 Å². The van der Waals surface area contributed by atoms with Gasteiger partial charge in [-0.3, -0.25) is 0 Å². The minimum Gasteiger partial charge on any atom is -0.472 e. The number of aromatic amines is 1. The van der Waals surface area contributed by atoms with Crippen LogP contribution in [0.3, 0.4) is 0 Å². The molecule has 80 valence electrons. The molecule has 0 fully saturated rings. The summed E-state index contributed by atoms with van der Waals surface area (Å²) >= 11 is 0. The highest BCUT2D eigenvalue weighted by Gasteiger charge is 2.10. The van der Waals surface area contributed by atoms with E-state index in [1.54, 1.807) is 18.7 Å². The number of furan rings is 1. The molecule has 0 aromatic carbocycles. The van der Waals surface area contributed by atoms with Crippen molar-refractivity contribution in [3.8, 4) is 11.3 Å². The Balaban J connectivity index is 2.17. The lowest BCUT2D eigenvalue weighted by Gasteiger charge is -2.05. The number of imidazole rings is 1. The van der Waals surface area contributed by atoms with Gasteiger partial charge in [0.1, 0.15) is 5.82 Å². The molecule has 0 bridgehead atoms. The van der Waals surface area contributed by atoms with Gasteiger partial charge in [-0.05, 0) is 12.5 Å². The van der Waals surface area contributed by atoms with Crippen LogP contribution in [-0.2, 0) is 0 Å². The number of aromatic nitrogens is 2. The molecule has 0 amide bonds. The Morgan fingerprint density at radius 1 is 1.60 bits per heavy atom. The summed E-state index contributed by atoms with van der Waals surface area (Å²) in [6, 6.07) is 1.89. The molecule has 2 aromatic heterocycles. The zero-order chi connectivity index (χ0) is 10.7. The fraction of sp³-hybridized carbons (Fsp3) is 0.364. The van der Waals surface area contributed by atoms with Crippen LogP contribution in [0.4, 0.5) is 0 Å². The number of hydrogen-bond acceptors (Lipinski definition) is 3. The van der Waals surface area contributed by atoms with Crippen LogP contribution in [0.25, 0.3) is 11.3 Å². The van der Waals surface area contributed by atoms with Crippen molar-refractivity contribution >= 4 is 0 Å². The average molecular weight is 205 g/mol. The van der Waals surface area contributed by atoms with E-state index in [1.165, 1.54) is 0 Å². The fourth-order valence-corrected chi connectivity index (χ4v) is 1.54. The molecule has 2 heterocycles. The lowest BCUT2D eigenvalue weighted by Crippen LogP contribution is -2.11. The van der Waals surface area contributed by atoms with E-state index in [9.17, 15) is 0 Å². The molecule has 4 nitrogen and oxygen atoms in total. The lowest BCUT2D eigenvalue weighted by atomic mass is 10.2. The van der Waals surface area contributed by atoms with Crippen molar-refractivity contribution in [1.82, 2.24) is 9.97 Å². The van der Waals surface area contributed by atoms with Gasteiger partial charge in [-0.25, -0.2) is 4.98 Å². The molecule has 0 saturated carbocycles. The largest absolute Gasteiger partial charge is 0.472 e. The average Bonchev–Trinajstić information content (AvgIpc) is 2.89. The van der Waals surface area contributed by atoms with Crippen molar-refractivity contribution in [3.63, 3.8) is 0 Å². The molecule has 0 spiro atoms. The molecule has 4 heteroatoms. The molecule has 1 unspecified atom stereocenters. The van der Waals surface area contributed by atoms with E-state index in [0.717, 1.165) is 29.9 Å². The van der Waals surface area contributed by atoms with Gasteiger partial charge in [0.05, 0.1) is 30.5 Å². The molecule has 0 aliphatic rings. The molecule has 0 aliphatic carbocycles. The molecular weight excluding hydrogens is 190 g/mol. The molecule has 0 radical (unpaired) electrons. The number of H-pyrrole nitrogens is 1. The Morgan fingerprint density at radius 2 is 2.47 bits per heavy atom. The van der Waals surface area contributed by atoms with Gasteiger partial charge >= 0.3 is 0 Å². The zero-order valence-corrected chi connectivity index (χ0v) is 8.73. The molecular formula is C11H15N3O. The van der Waals surface area contributed by atoms with E-state index in [-0.39, 0.29) is 6.04 Å². The molecule has 2 rings (SSSR count). The van der Waals surface area contributed by atoms with E-state index in [2.05, 4.69) is 16.9 Å². The first-order valence-corrected chi connectivity index (χ1v) is 5.14. The van der Waals surface area contributed by atoms with Crippen molar-refractivity contribution in [2.24, 2.45) is 5.73 Å². The van der Waals surface area contributed by atoms with Gasteiger partial charge in [0.25, 0.3) is 0 Å². The van der Waals surface area contributed by atoms with Crippen LogP contribution < -0.4 is 5.73 Å². The molecule has 0 aliphatic heterocycles. The highest BCUT2D eigenvalue weighted by Crippen LogP contribution is 2.20. The molecule has 0 saturated heterocycles. The second kappa shape index (κ2) is 4.31. The smallest absolute Gasteiger partial charge is 0.123 e. The fourth-order valence-electron chi connectivity index (χ4n) is 1.54. The van der Waals surface area contributed by atoms with Gasteiger partial charge in [-0.2, -0.15) is 0 Å². The SMILES string of the molecule is CCCC(N)c1ncc(-c2ccoc2)[nH]1. The summed E-state index contributed by atoms with van der Waals surface area (Å²) in [6.45, 7) is 2.11. The van der Waals surface area contributed by atoms with Gasteiger partial charge in [0.15, 0.2) is 0 Å². The van der Waals surface area contributed by atoms with Crippen LogP contribution in [0.2, 0.25) is 0 Å². The summed E-state index contributed by atoms with van der Waals surface area (Å²) in [6.07, 6.45) is 7.11. The third-order valence-corrected chi connectivity index (χ3v) is 2.38. The van der Waals surface area contributed by atoms with Crippen molar-refractivity contribution in [3.05, 3.63) is 30.6 Å². The summed E-state index contributed by atoms with van der Waals surface area (Å²) in [4.78, 5) is 7.47. The minimum atomic E-state index is -0.00403. The lowest BCUT2D eigenvalue weighted by molar-refractivity contribution is 0.568. The first kappa shape index (κ1) is 9.98. The Hall–Kier alpha value is -1.55. The van der Waals surface area contributed by atoms with E-state index in [4.69, 9.17) is 10.2 Å². The molecule has 15 heavy (non-hydrogen) atoms. The van der Waals surface area contributed by atoms with E-state index >= 15 is 0 Å². The predicted molar refractivity (Wildman–Crippen MR) is 58.1 cm³/mol. The molecule has 1 atom stereocenters. The zero-order valence-electron chi connectivity index (χ0n) is 8.73. The summed E-state index contributed by atoms with van der Waals surface area (Å²) < 4.78 is 5.01. The van der Waals surface area contributed by atoms with Crippen LogP contribution in [0.15, 0.2) is 29.2 Å². The molecule has 2 aromatic rings. The monoisotopic (exact) mass is 205 g/mol. The Morgan fingerprint density at radius 3 is 3.13 bits per heavy atom. The number of nitrogens with zero attached hydrogens (tertiary/aromatic N) is 1. The third kappa shape index (κ3) is 2.10. The Kier molecular flexibility index (Phi) is 2.87. The third-order valence-electron chi connectivity index (χ3n) is 2.38. The maximum atomic E-state index is 5.96. The normalized spacial score (nSPS) is 12.9. The highest BCUT2D eigenvalue weighted by molar-refractivity contribution is 5.56. The van der Waals surface area contributed by atoms with Gasteiger partial charge in [-0.1, -0.05) is 13.3 Å². The summed E-state index contributed by atoms with van der Waals surface area (Å²) in [7, 11) is 0. The maximum Gasteiger partial charge on any atom is 0.123 e. The van der Waals surface area contributed by atoms with Crippen LogP contribution in [-0.4, -0.2) is 9.97 Å². The summed E-state index contributed by atoms with van der Waals surface area (Å²) in [5.41, 5.74) is 7.90. The van der Waals surface area contributed by atoms with Gasteiger partial charge in [0, 0.05) is 5.56 Å². The predicted octanol–water partition coefficient (Wildman–Crippen LogP) is 2.47. The highest BCUT2D eigenvalue weighted by atomic mass is 16.3. The first-order chi connectivity index (χ1) is 7.31. The Labute approximate surface area is 88.5 Å². The van der Waals surface area contributed by atoms with Crippen molar-refractivity contribution in [1.29, 1.82) is 0 Å². The standard InChI is InChI=1S/C11H15N3O/c1-2-3-9(12)11-13-6-10(14-11)8-4-5-15-7-8/h4-7,9H,2-3,12H2,1H3,(H,13,14). The number of nitrogens with one attached hydrogen (secondary N) is 1. The second-order valence-corrected chi connectivity index (χ2v) is 3.59. The maximum absolute atomic E-state index is 5.96. The van der Waals surface area contributed by atoms with Crippen LogP contribution in [0, 0.1) is 0 Å². The van der Waals surface area contributed by atoms with Crippen molar-refractivity contribution in [2.45, 2.75) is 25.8 Å². The number of rotatable bonds is 4. The van der Waals surface area contributed by atoms with Crippen LogP contribution >= 0.6 is 0 Å². The van der Waals surface area contributed by atoms with Crippen molar-refractivity contribution in [2.75, 3.05) is 0 Å².